The first-order valence-electron chi connectivity index (χ1n) is 15.3. The second kappa shape index (κ2) is 14.8. The van der Waals surface area contributed by atoms with Crippen molar-refractivity contribution in [1.82, 2.24) is 10.6 Å². The van der Waals surface area contributed by atoms with Gasteiger partial charge >= 0.3 is 0 Å². The predicted molar refractivity (Wildman–Crippen MR) is 180 cm³/mol. The van der Waals surface area contributed by atoms with Crippen LogP contribution >= 0.6 is 0 Å². The average molecular weight is 601 g/mol. The van der Waals surface area contributed by atoms with E-state index >= 15 is 0 Å². The highest BCUT2D eigenvalue weighted by Gasteiger charge is 2.12. The van der Waals surface area contributed by atoms with Crippen molar-refractivity contribution in [2.45, 2.75) is 0 Å². The van der Waals surface area contributed by atoms with Crippen LogP contribution in [0.15, 0.2) is 109 Å². The van der Waals surface area contributed by atoms with Gasteiger partial charge in [0.25, 0.3) is 11.8 Å². The molecule has 7 nitrogen and oxygen atoms in total. The van der Waals surface area contributed by atoms with Crippen LogP contribution < -0.4 is 10.6 Å². The van der Waals surface area contributed by atoms with Gasteiger partial charge in [0.05, 0.1) is 39.6 Å². The van der Waals surface area contributed by atoms with Crippen molar-refractivity contribution in [2.24, 2.45) is 0 Å². The molecule has 0 heterocycles. The molecule has 0 saturated carbocycles. The summed E-state index contributed by atoms with van der Waals surface area (Å²) >= 11 is 0. The molecule has 0 aliphatic carbocycles. The Morgan fingerprint density at radius 3 is 1.20 bits per heavy atom. The molecule has 7 heteroatoms. The molecule has 6 aromatic carbocycles. The zero-order chi connectivity index (χ0) is 30.8. The van der Waals surface area contributed by atoms with Crippen LogP contribution in [0.1, 0.15) is 20.7 Å². The number of carbonyl (C=O) groups is 2. The molecule has 6 aromatic rings. The van der Waals surface area contributed by atoms with Gasteiger partial charge in [-0.3, -0.25) is 9.59 Å². The summed E-state index contributed by atoms with van der Waals surface area (Å²) in [6.45, 7) is 3.32. The Hall–Kier alpha value is -4.82. The monoisotopic (exact) mass is 600 g/mol. The quantitative estimate of drug-likeness (QED) is 0.110. The van der Waals surface area contributed by atoms with Crippen molar-refractivity contribution >= 4 is 54.9 Å². The van der Waals surface area contributed by atoms with Gasteiger partial charge in [0.15, 0.2) is 0 Å². The maximum Gasteiger partial charge on any atom is 0.251 e. The van der Waals surface area contributed by atoms with Crippen molar-refractivity contribution in [1.29, 1.82) is 0 Å². The second-order valence-corrected chi connectivity index (χ2v) is 10.8. The molecule has 2 N–H and O–H groups in total. The van der Waals surface area contributed by atoms with E-state index in [1.165, 1.54) is 0 Å². The van der Waals surface area contributed by atoms with Crippen LogP contribution in [0.25, 0.3) is 43.1 Å². The van der Waals surface area contributed by atoms with E-state index in [1.54, 1.807) is 0 Å². The number of benzene rings is 6. The molecular weight excluding hydrogens is 564 g/mol. The van der Waals surface area contributed by atoms with Crippen LogP contribution in [0.4, 0.5) is 0 Å². The number of nitrogens with one attached hydrogen (secondary N) is 2. The number of rotatable bonds is 14. The van der Waals surface area contributed by atoms with Crippen LogP contribution in [0.5, 0.6) is 0 Å². The zero-order valence-electron chi connectivity index (χ0n) is 25.1. The summed E-state index contributed by atoms with van der Waals surface area (Å²) in [6, 6.07) is 36.2. The molecule has 0 aliphatic rings. The molecule has 6 rings (SSSR count). The van der Waals surface area contributed by atoms with Gasteiger partial charge in [-0.25, -0.2) is 0 Å². The van der Waals surface area contributed by atoms with Crippen molar-refractivity contribution < 1.29 is 23.8 Å². The third kappa shape index (κ3) is 7.46. The van der Waals surface area contributed by atoms with E-state index in [0.717, 1.165) is 43.1 Å². The minimum Gasteiger partial charge on any atom is -0.377 e. The van der Waals surface area contributed by atoms with Gasteiger partial charge in [-0.2, -0.15) is 0 Å². The molecule has 0 saturated heterocycles. The van der Waals surface area contributed by atoms with E-state index in [1.807, 2.05) is 60.7 Å². The number of carbonyl (C=O) groups excluding carboxylic acids is 2. The first kappa shape index (κ1) is 30.2. The van der Waals surface area contributed by atoms with Crippen LogP contribution in [-0.2, 0) is 14.2 Å². The van der Waals surface area contributed by atoms with Crippen LogP contribution in [0.2, 0.25) is 0 Å². The number of amides is 2. The lowest BCUT2D eigenvalue weighted by Crippen LogP contribution is -2.28. The smallest absolute Gasteiger partial charge is 0.251 e. The first-order chi connectivity index (χ1) is 22.2. The van der Waals surface area contributed by atoms with E-state index in [4.69, 9.17) is 14.2 Å². The fraction of sp³-hybridized carbons (Fsp3) is 0.211. The number of hydrogen-bond donors (Lipinski definition) is 2. The highest BCUT2D eigenvalue weighted by Crippen LogP contribution is 2.27. The minimum absolute atomic E-state index is 0.116. The Kier molecular flexibility index (Phi) is 9.92. The highest BCUT2D eigenvalue weighted by atomic mass is 16.5. The Bertz CT molecular complexity index is 1810. The van der Waals surface area contributed by atoms with Gasteiger partial charge in [-0.15, -0.1) is 0 Å². The molecule has 0 aromatic heterocycles. The fourth-order valence-corrected chi connectivity index (χ4v) is 5.54. The summed E-state index contributed by atoms with van der Waals surface area (Å²) in [6.07, 6.45) is 0. The summed E-state index contributed by atoms with van der Waals surface area (Å²) in [5, 5.41) is 14.4. The maximum absolute atomic E-state index is 12.9. The second-order valence-electron chi connectivity index (χ2n) is 10.8. The molecular formula is C38H36N2O5. The van der Waals surface area contributed by atoms with E-state index in [-0.39, 0.29) is 11.8 Å². The minimum atomic E-state index is -0.116. The van der Waals surface area contributed by atoms with Gasteiger partial charge in [-0.05, 0) is 79.5 Å². The average Bonchev–Trinajstić information content (AvgIpc) is 3.07. The lowest BCUT2D eigenvalue weighted by atomic mass is 9.99. The van der Waals surface area contributed by atoms with Crippen LogP contribution in [-0.4, -0.2) is 64.5 Å². The van der Waals surface area contributed by atoms with Gasteiger partial charge in [0.2, 0.25) is 0 Å². The number of hydrogen-bond acceptors (Lipinski definition) is 5. The van der Waals surface area contributed by atoms with Crippen molar-refractivity contribution in [3.05, 3.63) is 120 Å². The lowest BCUT2D eigenvalue weighted by molar-refractivity contribution is 0.0157. The van der Waals surface area contributed by atoms with Crippen molar-refractivity contribution in [3.8, 4) is 0 Å². The first-order valence-corrected chi connectivity index (χ1v) is 15.3. The predicted octanol–water partition coefficient (Wildman–Crippen LogP) is 6.51. The van der Waals surface area contributed by atoms with E-state index in [0.29, 0.717) is 63.9 Å². The van der Waals surface area contributed by atoms with E-state index < -0.39 is 0 Å². The SMILES string of the molecule is O=C(NCCOCCOCCOCCNC(=O)c1cccc2cc3ccccc3cc12)c1cccc2cc3ccccc3cc12. The van der Waals surface area contributed by atoms with Crippen molar-refractivity contribution in [3.63, 3.8) is 0 Å². The molecule has 0 aliphatic heterocycles. The number of ether oxygens (including phenoxy) is 3. The van der Waals surface area contributed by atoms with Gasteiger partial charge in [0, 0.05) is 24.2 Å². The molecule has 2 amide bonds. The van der Waals surface area contributed by atoms with E-state index in [2.05, 4.69) is 59.2 Å². The highest BCUT2D eigenvalue weighted by molar-refractivity contribution is 6.11. The Balaban J connectivity index is 0.828. The molecule has 228 valence electrons. The lowest BCUT2D eigenvalue weighted by Gasteiger charge is -2.11. The normalized spacial score (nSPS) is 11.4. The van der Waals surface area contributed by atoms with Gasteiger partial charge in [0.1, 0.15) is 0 Å². The molecule has 0 atom stereocenters. The van der Waals surface area contributed by atoms with Crippen LogP contribution in [0, 0.1) is 0 Å². The van der Waals surface area contributed by atoms with Crippen molar-refractivity contribution in [2.75, 3.05) is 52.7 Å². The molecule has 0 unspecified atom stereocenters. The Labute approximate surface area is 262 Å². The standard InChI is InChI=1S/C38H36N2O5/c41-37(33-13-5-11-31-23-27-7-1-3-9-29(27)25-35(31)33)39-15-17-43-19-21-45-22-20-44-18-16-40-38(42)34-14-6-12-32-24-28-8-2-4-10-30(28)26-36(32)34/h1-14,23-26H,15-22H2,(H,39,41)(H,40,42). The third-order valence-corrected chi connectivity index (χ3v) is 7.79. The largest absolute Gasteiger partial charge is 0.377 e. The topological polar surface area (TPSA) is 85.9 Å². The van der Waals surface area contributed by atoms with Gasteiger partial charge in [-0.1, -0.05) is 72.8 Å². The zero-order valence-corrected chi connectivity index (χ0v) is 25.1. The molecule has 0 fully saturated rings. The Morgan fingerprint density at radius 1 is 0.422 bits per heavy atom. The van der Waals surface area contributed by atoms with E-state index in [9.17, 15) is 9.59 Å². The fourth-order valence-electron chi connectivity index (χ4n) is 5.54. The third-order valence-electron chi connectivity index (χ3n) is 7.79. The Morgan fingerprint density at radius 2 is 0.778 bits per heavy atom. The molecule has 0 bridgehead atoms. The molecule has 0 radical (unpaired) electrons. The summed E-state index contributed by atoms with van der Waals surface area (Å²) in [4.78, 5) is 25.7. The maximum atomic E-state index is 12.9. The van der Waals surface area contributed by atoms with Crippen LogP contribution in [0.3, 0.4) is 0 Å². The summed E-state index contributed by atoms with van der Waals surface area (Å²) in [5.41, 5.74) is 1.31. The molecule has 0 spiro atoms. The molecule has 45 heavy (non-hydrogen) atoms. The number of fused-ring (bicyclic) bond motifs is 4. The van der Waals surface area contributed by atoms with Gasteiger partial charge < -0.3 is 24.8 Å². The summed E-state index contributed by atoms with van der Waals surface area (Å²) in [5.74, 6) is -0.232. The summed E-state index contributed by atoms with van der Waals surface area (Å²) in [7, 11) is 0. The summed E-state index contributed by atoms with van der Waals surface area (Å²) < 4.78 is 16.8.